The Kier molecular flexibility index (Phi) is 8.72. The lowest BCUT2D eigenvalue weighted by molar-refractivity contribution is -0.113. The van der Waals surface area contributed by atoms with Crippen molar-refractivity contribution in [1.82, 2.24) is 15.5 Å². The Labute approximate surface area is 189 Å². The molecule has 2 amide bonds. The van der Waals surface area contributed by atoms with Crippen LogP contribution in [0.3, 0.4) is 0 Å². The highest BCUT2D eigenvalue weighted by Crippen LogP contribution is 2.27. The number of carbonyl (C=O) groups excluding carboxylic acids is 2. The van der Waals surface area contributed by atoms with Crippen LogP contribution in [0.2, 0.25) is 0 Å². The highest BCUT2D eigenvalue weighted by atomic mass is 79.9. The third kappa shape index (κ3) is 7.98. The molecule has 0 saturated heterocycles. The van der Waals surface area contributed by atoms with Gasteiger partial charge in [0, 0.05) is 10.2 Å². The molecule has 10 heteroatoms. The Bertz CT molecular complexity index is 851. The number of aromatic nitrogens is 2. The van der Waals surface area contributed by atoms with Crippen molar-refractivity contribution in [2.75, 3.05) is 11.1 Å². The predicted octanol–water partition coefficient (Wildman–Crippen LogP) is 5.17. The molecule has 1 heterocycles. The molecule has 0 spiro atoms. The summed E-state index contributed by atoms with van der Waals surface area (Å²) < 4.78 is 12.0. The van der Waals surface area contributed by atoms with Crippen LogP contribution < -0.4 is 10.6 Å². The SMILES string of the molecule is CCC(C)C(NC(=O)OC(C)(C)C)c1nnc(SCC(=O)Nc2ccc(Br)cc2)o1. The molecule has 2 atom stereocenters. The molecule has 2 N–H and O–H groups in total. The first-order valence-corrected chi connectivity index (χ1v) is 11.4. The van der Waals surface area contributed by atoms with E-state index in [0.717, 1.165) is 22.7 Å². The fourth-order valence-electron chi connectivity index (χ4n) is 2.38. The molecular weight excluding hydrogens is 472 g/mol. The molecule has 0 bridgehead atoms. The zero-order valence-electron chi connectivity index (χ0n) is 17.7. The number of anilines is 1. The molecule has 0 saturated carbocycles. The van der Waals surface area contributed by atoms with Crippen LogP contribution in [0.4, 0.5) is 10.5 Å². The summed E-state index contributed by atoms with van der Waals surface area (Å²) in [6.07, 6.45) is 0.245. The number of thioether (sulfide) groups is 1. The summed E-state index contributed by atoms with van der Waals surface area (Å²) in [5.74, 6) is 0.264. The van der Waals surface area contributed by atoms with Crippen molar-refractivity contribution < 1.29 is 18.7 Å². The highest BCUT2D eigenvalue weighted by molar-refractivity contribution is 9.10. The number of hydrogen-bond donors (Lipinski definition) is 2. The second kappa shape index (κ2) is 10.8. The number of nitrogens with one attached hydrogen (secondary N) is 2. The Morgan fingerprint density at radius 2 is 1.90 bits per heavy atom. The van der Waals surface area contributed by atoms with Gasteiger partial charge in [0.15, 0.2) is 0 Å². The minimum absolute atomic E-state index is 0.0523. The zero-order valence-corrected chi connectivity index (χ0v) is 20.1. The van der Waals surface area contributed by atoms with Crippen molar-refractivity contribution >= 4 is 45.4 Å². The van der Waals surface area contributed by atoms with Crippen LogP contribution in [-0.4, -0.2) is 33.6 Å². The minimum Gasteiger partial charge on any atom is -0.444 e. The molecule has 8 nitrogen and oxygen atoms in total. The summed E-state index contributed by atoms with van der Waals surface area (Å²) in [4.78, 5) is 24.3. The molecule has 1 aromatic carbocycles. The maximum absolute atomic E-state index is 12.2. The minimum atomic E-state index is -0.609. The van der Waals surface area contributed by atoms with Crippen LogP contribution in [0.5, 0.6) is 0 Å². The summed E-state index contributed by atoms with van der Waals surface area (Å²) >= 11 is 4.48. The number of amides is 2. The largest absolute Gasteiger partial charge is 0.444 e. The van der Waals surface area contributed by atoms with Crippen molar-refractivity contribution in [3.05, 3.63) is 34.6 Å². The number of benzene rings is 1. The van der Waals surface area contributed by atoms with Gasteiger partial charge in [-0.25, -0.2) is 4.79 Å². The van der Waals surface area contributed by atoms with Crippen LogP contribution in [0.1, 0.15) is 53.0 Å². The van der Waals surface area contributed by atoms with Crippen LogP contribution in [0, 0.1) is 5.92 Å². The lowest BCUT2D eigenvalue weighted by Gasteiger charge is -2.24. The Morgan fingerprint density at radius 1 is 1.23 bits per heavy atom. The first kappa shape index (κ1) is 24.2. The first-order chi connectivity index (χ1) is 14.1. The van der Waals surface area contributed by atoms with E-state index in [1.807, 2.05) is 26.0 Å². The van der Waals surface area contributed by atoms with Gasteiger partial charge in [-0.1, -0.05) is 48.0 Å². The fraction of sp³-hybridized carbons (Fsp3) is 0.500. The second-order valence-electron chi connectivity index (χ2n) is 7.76. The summed E-state index contributed by atoms with van der Waals surface area (Å²) in [5.41, 5.74) is 0.0932. The number of rotatable bonds is 8. The highest BCUT2D eigenvalue weighted by Gasteiger charge is 2.28. The summed E-state index contributed by atoms with van der Waals surface area (Å²) in [6.45, 7) is 9.38. The Balaban J connectivity index is 1.96. The third-order valence-corrected chi connectivity index (χ3v) is 5.38. The fourth-order valence-corrected chi connectivity index (χ4v) is 3.21. The topological polar surface area (TPSA) is 106 Å². The van der Waals surface area contributed by atoms with E-state index in [2.05, 4.69) is 36.8 Å². The maximum Gasteiger partial charge on any atom is 0.408 e. The van der Waals surface area contributed by atoms with E-state index in [4.69, 9.17) is 9.15 Å². The summed E-state index contributed by atoms with van der Waals surface area (Å²) in [7, 11) is 0. The second-order valence-corrected chi connectivity index (χ2v) is 9.60. The molecule has 1 aromatic heterocycles. The molecule has 30 heavy (non-hydrogen) atoms. The van der Waals surface area contributed by atoms with Crippen molar-refractivity contribution in [3.8, 4) is 0 Å². The molecule has 0 aliphatic heterocycles. The number of halogens is 1. The van der Waals surface area contributed by atoms with E-state index in [9.17, 15) is 9.59 Å². The maximum atomic E-state index is 12.2. The quantitative estimate of drug-likeness (QED) is 0.483. The van der Waals surface area contributed by atoms with Crippen molar-refractivity contribution in [2.45, 2.75) is 57.9 Å². The molecule has 164 valence electrons. The zero-order chi connectivity index (χ0) is 22.3. The van der Waals surface area contributed by atoms with Gasteiger partial charge in [0.05, 0.1) is 5.75 Å². The third-order valence-electron chi connectivity index (χ3n) is 4.03. The molecular formula is C20H27BrN4O4S. The van der Waals surface area contributed by atoms with E-state index in [1.165, 1.54) is 0 Å². The number of hydrogen-bond acceptors (Lipinski definition) is 7. The van der Waals surface area contributed by atoms with E-state index in [1.54, 1.807) is 32.9 Å². The van der Waals surface area contributed by atoms with Gasteiger partial charge >= 0.3 is 6.09 Å². The van der Waals surface area contributed by atoms with Crippen LogP contribution in [0.25, 0.3) is 0 Å². The first-order valence-electron chi connectivity index (χ1n) is 9.58. The van der Waals surface area contributed by atoms with Crippen LogP contribution in [0.15, 0.2) is 38.4 Å². The summed E-state index contributed by atoms with van der Waals surface area (Å²) in [5, 5.41) is 13.9. The number of carbonyl (C=O) groups is 2. The van der Waals surface area contributed by atoms with Gasteiger partial charge < -0.3 is 19.8 Å². The molecule has 2 unspecified atom stereocenters. The van der Waals surface area contributed by atoms with Crippen LogP contribution >= 0.6 is 27.7 Å². The van der Waals surface area contributed by atoms with E-state index < -0.39 is 17.7 Å². The molecule has 0 aliphatic rings. The molecule has 2 aromatic rings. The number of ether oxygens (including phenoxy) is 1. The van der Waals surface area contributed by atoms with E-state index in [-0.39, 0.29) is 28.7 Å². The van der Waals surface area contributed by atoms with Crippen molar-refractivity contribution in [3.63, 3.8) is 0 Å². The van der Waals surface area contributed by atoms with E-state index in [0.29, 0.717) is 5.69 Å². The van der Waals surface area contributed by atoms with Crippen LogP contribution in [-0.2, 0) is 9.53 Å². The Morgan fingerprint density at radius 3 is 2.50 bits per heavy atom. The predicted molar refractivity (Wildman–Crippen MR) is 119 cm³/mol. The van der Waals surface area contributed by atoms with Crippen molar-refractivity contribution in [2.24, 2.45) is 5.92 Å². The van der Waals surface area contributed by atoms with Gasteiger partial charge in [-0.2, -0.15) is 0 Å². The molecule has 0 radical (unpaired) electrons. The molecule has 0 aliphatic carbocycles. The molecule has 0 fully saturated rings. The van der Waals surface area contributed by atoms with Gasteiger partial charge in [-0.05, 0) is 51.0 Å². The Hall–Kier alpha value is -2.07. The summed E-state index contributed by atoms with van der Waals surface area (Å²) in [6, 6.07) is 6.82. The average Bonchev–Trinajstić information content (AvgIpc) is 3.13. The van der Waals surface area contributed by atoms with Gasteiger partial charge in [-0.3, -0.25) is 4.79 Å². The lowest BCUT2D eigenvalue weighted by atomic mass is 9.99. The normalized spacial score (nSPS) is 13.4. The van der Waals surface area contributed by atoms with Gasteiger partial charge in [0.1, 0.15) is 11.6 Å². The van der Waals surface area contributed by atoms with Crippen molar-refractivity contribution in [1.29, 1.82) is 0 Å². The average molecular weight is 499 g/mol. The standard InChI is InChI=1S/C20H27BrN4O4S/c1-6-12(2)16(23-18(27)29-20(3,4)5)17-24-25-19(28-17)30-11-15(26)22-14-9-7-13(21)8-10-14/h7-10,12,16H,6,11H2,1-5H3,(H,22,26)(H,23,27). The monoisotopic (exact) mass is 498 g/mol. The lowest BCUT2D eigenvalue weighted by Crippen LogP contribution is -2.37. The van der Waals surface area contributed by atoms with Gasteiger partial charge in [0.2, 0.25) is 11.8 Å². The van der Waals surface area contributed by atoms with E-state index >= 15 is 0 Å². The number of nitrogens with zero attached hydrogens (tertiary/aromatic N) is 2. The smallest absolute Gasteiger partial charge is 0.408 e. The molecule has 2 rings (SSSR count). The van der Waals surface area contributed by atoms with Gasteiger partial charge in [-0.15, -0.1) is 10.2 Å². The van der Waals surface area contributed by atoms with Gasteiger partial charge in [0.25, 0.3) is 5.22 Å². The number of alkyl carbamates (subject to hydrolysis) is 1.